The number of benzene rings is 2. The second-order valence-electron chi connectivity index (χ2n) is 6.02. The molecule has 0 amide bonds. The van der Waals surface area contributed by atoms with E-state index < -0.39 is 10.9 Å². The van der Waals surface area contributed by atoms with Crippen LogP contribution in [0.5, 0.6) is 0 Å². The molecule has 0 aromatic heterocycles. The van der Waals surface area contributed by atoms with Crippen LogP contribution in [0.1, 0.15) is 28.8 Å². The van der Waals surface area contributed by atoms with Crippen LogP contribution in [0.15, 0.2) is 54.6 Å². The maximum Gasteiger partial charge on any atom is 0.342 e. The first kappa shape index (κ1) is 19.9. The fourth-order valence-electron chi connectivity index (χ4n) is 2.71. The van der Waals surface area contributed by atoms with Gasteiger partial charge in [0.25, 0.3) is 5.69 Å². The van der Waals surface area contributed by atoms with Crippen LogP contribution in [-0.4, -0.2) is 39.4 Å². The minimum absolute atomic E-state index is 0.289. The minimum atomic E-state index is -1.29. The monoisotopic (exact) mass is 376 g/mol. The average Bonchev–Trinajstić information content (AvgIpc) is 2.65. The van der Waals surface area contributed by atoms with Crippen molar-refractivity contribution in [3.8, 4) is 0 Å². The van der Waals surface area contributed by atoms with Crippen LogP contribution < -0.4 is 0 Å². The first-order chi connectivity index (χ1) is 12.5. The Kier molecular flexibility index (Phi) is 7.56. The summed E-state index contributed by atoms with van der Waals surface area (Å²) in [6.45, 7) is 3.36. The van der Waals surface area contributed by atoms with Crippen molar-refractivity contribution in [2.75, 3.05) is 13.1 Å². The predicted octanol–water partition coefficient (Wildman–Crippen LogP) is 4.18. The van der Waals surface area contributed by atoms with Crippen LogP contribution in [0.3, 0.4) is 0 Å². The molecule has 0 saturated carbocycles. The van der Waals surface area contributed by atoms with E-state index in [0.29, 0.717) is 5.38 Å². The van der Waals surface area contributed by atoms with Crippen LogP contribution in [0.4, 0.5) is 5.69 Å². The third kappa shape index (κ3) is 6.13. The standard InChI is InChI=1S/C12H16ClN.C7H5NO4/c13-12-6-8-14(9-7-12)10-11-4-2-1-3-5-11;9-7(10)5-3-1-2-4-6(5)8(11)12/h1-5,12H,6-10H2;1-4H,(H,9,10). The fourth-order valence-corrected chi connectivity index (χ4v) is 2.91. The molecule has 1 N–H and O–H groups in total. The van der Waals surface area contributed by atoms with Gasteiger partial charge in [0.1, 0.15) is 5.56 Å². The van der Waals surface area contributed by atoms with E-state index in [-0.39, 0.29) is 11.3 Å². The van der Waals surface area contributed by atoms with Gasteiger partial charge in [0.15, 0.2) is 0 Å². The Balaban J connectivity index is 0.000000190. The quantitative estimate of drug-likeness (QED) is 0.491. The van der Waals surface area contributed by atoms with Crippen LogP contribution >= 0.6 is 11.6 Å². The number of hydrogen-bond donors (Lipinski definition) is 1. The molecular weight excluding hydrogens is 356 g/mol. The number of nitrogens with zero attached hydrogens (tertiary/aromatic N) is 2. The number of nitro groups is 1. The maximum absolute atomic E-state index is 10.4. The highest BCUT2D eigenvalue weighted by atomic mass is 35.5. The third-order valence-corrected chi connectivity index (χ3v) is 4.53. The number of likely N-dealkylation sites (tertiary alicyclic amines) is 1. The van der Waals surface area contributed by atoms with Crippen molar-refractivity contribution in [1.29, 1.82) is 0 Å². The Bertz CT molecular complexity index is 698. The van der Waals surface area contributed by atoms with Crippen molar-refractivity contribution in [3.63, 3.8) is 0 Å². The molecule has 0 bridgehead atoms. The molecule has 1 aliphatic rings. The van der Waals surface area contributed by atoms with E-state index in [4.69, 9.17) is 16.7 Å². The van der Waals surface area contributed by atoms with E-state index in [9.17, 15) is 14.9 Å². The number of carboxylic acid groups (broad SMARTS) is 1. The zero-order valence-corrected chi connectivity index (χ0v) is 15.0. The number of hydrogen-bond acceptors (Lipinski definition) is 4. The number of nitro benzene ring substituents is 1. The lowest BCUT2D eigenvalue weighted by Gasteiger charge is -2.29. The molecule has 2 aromatic rings. The van der Waals surface area contributed by atoms with Crippen LogP contribution in [0, 0.1) is 10.1 Å². The summed E-state index contributed by atoms with van der Waals surface area (Å²) in [6.07, 6.45) is 2.27. The lowest BCUT2D eigenvalue weighted by Crippen LogP contribution is -2.33. The van der Waals surface area contributed by atoms with Gasteiger partial charge in [-0.3, -0.25) is 15.0 Å². The van der Waals surface area contributed by atoms with Crippen LogP contribution in [0.25, 0.3) is 0 Å². The van der Waals surface area contributed by atoms with Crippen molar-refractivity contribution in [2.45, 2.75) is 24.8 Å². The summed E-state index contributed by atoms with van der Waals surface area (Å²) < 4.78 is 0. The summed E-state index contributed by atoms with van der Waals surface area (Å²) in [4.78, 5) is 22.5. The van der Waals surface area contributed by atoms with Gasteiger partial charge in [0.05, 0.1) is 4.92 Å². The number of alkyl halides is 1. The number of para-hydroxylation sites is 1. The predicted molar refractivity (Wildman–Crippen MR) is 101 cm³/mol. The average molecular weight is 377 g/mol. The van der Waals surface area contributed by atoms with Gasteiger partial charge in [0.2, 0.25) is 0 Å². The molecular formula is C19H21ClN2O4. The van der Waals surface area contributed by atoms with E-state index >= 15 is 0 Å². The molecule has 0 unspecified atom stereocenters. The molecule has 1 fully saturated rings. The zero-order chi connectivity index (χ0) is 18.9. The first-order valence-corrected chi connectivity index (χ1v) is 8.78. The van der Waals surface area contributed by atoms with Gasteiger partial charge in [-0.1, -0.05) is 42.5 Å². The van der Waals surface area contributed by atoms with E-state index in [1.807, 2.05) is 0 Å². The second-order valence-corrected chi connectivity index (χ2v) is 6.63. The van der Waals surface area contributed by atoms with Gasteiger partial charge >= 0.3 is 5.97 Å². The lowest BCUT2D eigenvalue weighted by atomic mass is 10.1. The summed E-state index contributed by atoms with van der Waals surface area (Å²) >= 11 is 6.06. The number of carbonyl (C=O) groups is 1. The van der Waals surface area contributed by atoms with Crippen molar-refractivity contribution in [1.82, 2.24) is 4.90 Å². The summed E-state index contributed by atoms with van der Waals surface area (Å²) in [7, 11) is 0. The third-order valence-electron chi connectivity index (χ3n) is 4.10. The molecule has 0 spiro atoms. The Morgan fingerprint density at radius 1 is 1.12 bits per heavy atom. The van der Waals surface area contributed by atoms with E-state index in [1.165, 1.54) is 23.8 Å². The number of carboxylic acids is 1. The maximum atomic E-state index is 10.4. The first-order valence-electron chi connectivity index (χ1n) is 8.34. The molecule has 3 rings (SSSR count). The van der Waals surface area contributed by atoms with Crippen molar-refractivity contribution in [3.05, 3.63) is 75.8 Å². The van der Waals surface area contributed by atoms with E-state index in [1.54, 1.807) is 0 Å². The molecule has 6 nitrogen and oxygen atoms in total. The highest BCUT2D eigenvalue weighted by molar-refractivity contribution is 6.20. The number of piperidine rings is 1. The molecule has 1 saturated heterocycles. The van der Waals surface area contributed by atoms with Gasteiger partial charge in [-0.15, -0.1) is 11.6 Å². The van der Waals surface area contributed by atoms with Gasteiger partial charge in [-0.2, -0.15) is 0 Å². The van der Waals surface area contributed by atoms with E-state index in [0.717, 1.165) is 38.5 Å². The van der Waals surface area contributed by atoms with Crippen LogP contribution in [-0.2, 0) is 6.54 Å². The molecule has 2 aromatic carbocycles. The smallest absolute Gasteiger partial charge is 0.342 e. The second kappa shape index (κ2) is 9.89. The van der Waals surface area contributed by atoms with Gasteiger partial charge in [-0.05, 0) is 37.6 Å². The summed E-state index contributed by atoms with van der Waals surface area (Å²) in [5, 5.41) is 19.2. The molecule has 1 heterocycles. The number of aromatic carboxylic acids is 1. The molecule has 26 heavy (non-hydrogen) atoms. The van der Waals surface area contributed by atoms with Gasteiger partial charge in [0, 0.05) is 18.0 Å². The topological polar surface area (TPSA) is 83.7 Å². The molecule has 0 radical (unpaired) electrons. The largest absolute Gasteiger partial charge is 0.477 e. The summed E-state index contributed by atoms with van der Waals surface area (Å²) in [5.41, 5.74) is 0.730. The number of halogens is 1. The van der Waals surface area contributed by atoms with Crippen molar-refractivity contribution in [2.24, 2.45) is 0 Å². The van der Waals surface area contributed by atoms with Gasteiger partial charge in [-0.25, -0.2) is 4.79 Å². The number of rotatable bonds is 4. The fraction of sp³-hybridized carbons (Fsp3) is 0.316. The van der Waals surface area contributed by atoms with E-state index in [2.05, 4.69) is 35.2 Å². The molecule has 0 atom stereocenters. The SMILES string of the molecule is ClC1CCN(Cc2ccccc2)CC1.O=C(O)c1ccccc1[N+](=O)[O-]. The zero-order valence-electron chi connectivity index (χ0n) is 14.3. The molecule has 138 valence electrons. The highest BCUT2D eigenvalue weighted by Gasteiger charge is 2.17. The van der Waals surface area contributed by atoms with Crippen molar-refractivity contribution >= 4 is 23.3 Å². The summed E-state index contributed by atoms with van der Waals surface area (Å²) in [6, 6.07) is 15.9. The van der Waals surface area contributed by atoms with Gasteiger partial charge < -0.3 is 5.11 Å². The Morgan fingerprint density at radius 2 is 1.69 bits per heavy atom. The van der Waals surface area contributed by atoms with Crippen molar-refractivity contribution < 1.29 is 14.8 Å². The lowest BCUT2D eigenvalue weighted by molar-refractivity contribution is -0.385. The Morgan fingerprint density at radius 3 is 2.23 bits per heavy atom. The van der Waals surface area contributed by atoms with Crippen LogP contribution in [0.2, 0.25) is 0 Å². The molecule has 0 aliphatic carbocycles. The highest BCUT2D eigenvalue weighted by Crippen LogP contribution is 2.18. The normalized spacial score (nSPS) is 15.0. The molecule has 7 heteroatoms. The minimum Gasteiger partial charge on any atom is -0.477 e. The Labute approximate surface area is 157 Å². The molecule has 1 aliphatic heterocycles. The summed E-state index contributed by atoms with van der Waals surface area (Å²) in [5.74, 6) is -1.29. The Hall–Kier alpha value is -2.44.